The highest BCUT2D eigenvalue weighted by molar-refractivity contribution is 6.91. The molecule has 1 saturated carbocycles. The highest BCUT2D eigenvalue weighted by atomic mass is 28.3. The van der Waals surface area contributed by atoms with Gasteiger partial charge < -0.3 is 0 Å². The second-order valence-electron chi connectivity index (χ2n) is 10.3. The lowest BCUT2D eigenvalue weighted by molar-refractivity contribution is -0.659. The van der Waals surface area contributed by atoms with Crippen LogP contribution in [-0.4, -0.2) is 8.07 Å². The van der Waals surface area contributed by atoms with Gasteiger partial charge in [0.15, 0.2) is 6.20 Å². The molecule has 0 amide bonds. The largest absolute Gasteiger partial charge is 0.220 e. The normalized spacial score (nSPS) is 19.1. The zero-order chi connectivity index (χ0) is 20.9. The summed E-state index contributed by atoms with van der Waals surface area (Å²) < 4.78 is 2.34. The van der Waals surface area contributed by atoms with Crippen molar-refractivity contribution in [1.82, 2.24) is 0 Å². The van der Waals surface area contributed by atoms with Crippen molar-refractivity contribution in [2.24, 2.45) is 7.05 Å². The zero-order valence-electron chi connectivity index (χ0n) is 19.2. The Bertz CT molecular complexity index is 1100. The maximum atomic E-state index is 2.60. The van der Waals surface area contributed by atoms with E-state index in [9.17, 15) is 0 Å². The van der Waals surface area contributed by atoms with Crippen molar-refractivity contribution >= 4 is 24.0 Å². The number of rotatable bonds is 3. The topological polar surface area (TPSA) is 3.88 Å². The van der Waals surface area contributed by atoms with Crippen LogP contribution in [-0.2, 0) is 7.05 Å². The van der Waals surface area contributed by atoms with Crippen LogP contribution >= 0.6 is 0 Å². The first-order chi connectivity index (χ1) is 14.5. The van der Waals surface area contributed by atoms with Gasteiger partial charge in [-0.15, -0.1) is 0 Å². The lowest BCUT2D eigenvalue weighted by atomic mass is 9.89. The number of aromatic nitrogens is 1. The number of pyridine rings is 1. The minimum Gasteiger partial charge on any atom is -0.200 e. The molecule has 0 N–H and O–H groups in total. The van der Waals surface area contributed by atoms with Crippen LogP contribution in [0.3, 0.4) is 0 Å². The molecule has 5 rings (SSSR count). The van der Waals surface area contributed by atoms with Crippen LogP contribution in [0.2, 0.25) is 18.6 Å². The molecule has 1 saturated heterocycles. The lowest BCUT2D eigenvalue weighted by Gasteiger charge is -2.22. The van der Waals surface area contributed by atoms with E-state index in [4.69, 9.17) is 0 Å². The van der Waals surface area contributed by atoms with E-state index in [0.29, 0.717) is 0 Å². The quantitative estimate of drug-likeness (QED) is 0.332. The van der Waals surface area contributed by atoms with Crippen LogP contribution in [0.4, 0.5) is 0 Å². The third kappa shape index (κ3) is 3.34. The highest BCUT2D eigenvalue weighted by Crippen LogP contribution is 2.38. The highest BCUT2D eigenvalue weighted by Gasteiger charge is 2.33. The summed E-state index contributed by atoms with van der Waals surface area (Å²) in [5, 5.41) is 4.50. The average molecular weight is 415 g/mol. The molecule has 2 aromatic carbocycles. The maximum Gasteiger partial charge on any atom is 0.220 e. The smallest absolute Gasteiger partial charge is 0.200 e. The van der Waals surface area contributed by atoms with E-state index in [1.165, 1.54) is 83.8 Å². The SMILES string of the molecule is Cc1cc(C2CCCC2)cc(-c2c3ccc([Si]4(C)CCCC4)cc3cc[n+]2C)c1C. The van der Waals surface area contributed by atoms with Crippen LogP contribution in [0.1, 0.15) is 61.1 Å². The standard InChI is InChI=1S/C28H36NSi/c1-20-17-24(22-9-5-6-10-22)19-27(21(20)2)28-26-12-11-25(30(4)15-7-8-16-30)18-23(26)13-14-29(28)3/h11-14,17-19,22H,5-10,15-16H2,1-4H3/q+1. The molecule has 0 unspecified atom stereocenters. The van der Waals surface area contributed by atoms with Gasteiger partial charge in [0.05, 0.1) is 19.0 Å². The third-order valence-electron chi connectivity index (χ3n) is 8.31. The molecule has 156 valence electrons. The summed E-state index contributed by atoms with van der Waals surface area (Å²) in [6.07, 6.45) is 10.6. The summed E-state index contributed by atoms with van der Waals surface area (Å²) >= 11 is 0. The van der Waals surface area contributed by atoms with Gasteiger partial charge in [0.2, 0.25) is 5.69 Å². The van der Waals surface area contributed by atoms with Crippen molar-refractivity contribution in [2.45, 2.75) is 76.9 Å². The number of hydrogen-bond donors (Lipinski definition) is 0. The Labute approximate surface area is 183 Å². The molecule has 2 heterocycles. The lowest BCUT2D eigenvalue weighted by Crippen LogP contribution is -2.41. The summed E-state index contributed by atoms with van der Waals surface area (Å²) in [6, 6.07) is 17.7. The van der Waals surface area contributed by atoms with Gasteiger partial charge in [-0.1, -0.05) is 67.7 Å². The van der Waals surface area contributed by atoms with Crippen LogP contribution < -0.4 is 9.75 Å². The van der Waals surface area contributed by atoms with Crippen molar-refractivity contribution in [3.05, 3.63) is 59.3 Å². The average Bonchev–Trinajstić information content (AvgIpc) is 3.43. The number of hydrogen-bond acceptors (Lipinski definition) is 0. The molecule has 2 fully saturated rings. The molecule has 3 aromatic rings. The van der Waals surface area contributed by atoms with E-state index < -0.39 is 8.07 Å². The summed E-state index contributed by atoms with van der Waals surface area (Å²) in [5.41, 5.74) is 7.25. The van der Waals surface area contributed by atoms with Crippen molar-refractivity contribution in [2.75, 3.05) is 0 Å². The van der Waals surface area contributed by atoms with Crippen molar-refractivity contribution in [3.8, 4) is 11.3 Å². The molecule has 0 radical (unpaired) electrons. The van der Waals surface area contributed by atoms with Gasteiger partial charge in [0.1, 0.15) is 7.05 Å². The molecule has 1 aromatic heterocycles. The first kappa shape index (κ1) is 20.0. The Morgan fingerprint density at radius 3 is 2.37 bits per heavy atom. The Morgan fingerprint density at radius 2 is 1.63 bits per heavy atom. The second kappa shape index (κ2) is 7.64. The van der Waals surface area contributed by atoms with Crippen molar-refractivity contribution < 1.29 is 4.57 Å². The van der Waals surface area contributed by atoms with Crippen LogP contribution in [0.5, 0.6) is 0 Å². The minimum absolute atomic E-state index is 0.753. The maximum absolute atomic E-state index is 2.60. The Kier molecular flexibility index (Phi) is 5.09. The van der Waals surface area contributed by atoms with Crippen LogP contribution in [0.25, 0.3) is 22.0 Å². The molecule has 0 spiro atoms. The number of aryl methyl sites for hydroxylation is 2. The second-order valence-corrected chi connectivity index (χ2v) is 15.0. The molecular weight excluding hydrogens is 378 g/mol. The molecule has 2 aliphatic rings. The zero-order valence-corrected chi connectivity index (χ0v) is 20.2. The third-order valence-corrected chi connectivity index (χ3v) is 12.9. The molecule has 1 nitrogen and oxygen atoms in total. The Balaban J connectivity index is 1.68. The summed E-state index contributed by atoms with van der Waals surface area (Å²) in [5.74, 6) is 0.753. The van der Waals surface area contributed by atoms with Gasteiger partial charge >= 0.3 is 0 Å². The van der Waals surface area contributed by atoms with Crippen molar-refractivity contribution in [3.63, 3.8) is 0 Å². The molecule has 1 aliphatic carbocycles. The molecule has 2 heteroatoms. The molecule has 0 bridgehead atoms. The van der Waals surface area contributed by atoms with E-state index in [1.807, 2.05) is 0 Å². The van der Waals surface area contributed by atoms with E-state index in [1.54, 1.807) is 10.8 Å². The number of fused-ring (bicyclic) bond motifs is 1. The number of benzene rings is 2. The number of nitrogens with zero attached hydrogens (tertiary/aromatic N) is 1. The van der Waals surface area contributed by atoms with Gasteiger partial charge in [-0.3, -0.25) is 0 Å². The van der Waals surface area contributed by atoms with E-state index in [0.717, 1.165) is 5.92 Å². The first-order valence-electron chi connectivity index (χ1n) is 12.0. The Morgan fingerprint density at radius 1 is 0.900 bits per heavy atom. The summed E-state index contributed by atoms with van der Waals surface area (Å²) in [7, 11) is 0.972. The Hall–Kier alpha value is -1.93. The molecule has 0 atom stereocenters. The van der Waals surface area contributed by atoms with Gasteiger partial charge in [-0.2, -0.15) is 0 Å². The predicted molar refractivity (Wildman–Crippen MR) is 131 cm³/mol. The fraction of sp³-hybridized carbons (Fsp3) is 0.464. The van der Waals surface area contributed by atoms with Crippen LogP contribution in [0.15, 0.2) is 42.6 Å². The molecular formula is C28H36NSi+. The van der Waals surface area contributed by atoms with E-state index in [-0.39, 0.29) is 0 Å². The summed E-state index contributed by atoms with van der Waals surface area (Å²) in [4.78, 5) is 0. The van der Waals surface area contributed by atoms with Gasteiger partial charge in [0.25, 0.3) is 0 Å². The summed E-state index contributed by atoms with van der Waals surface area (Å²) in [6.45, 7) is 7.21. The predicted octanol–water partition coefficient (Wildman–Crippen LogP) is 6.69. The van der Waals surface area contributed by atoms with Gasteiger partial charge in [-0.25, -0.2) is 4.57 Å². The monoisotopic (exact) mass is 414 g/mol. The van der Waals surface area contributed by atoms with Gasteiger partial charge in [0, 0.05) is 6.07 Å². The van der Waals surface area contributed by atoms with E-state index in [2.05, 4.69) is 74.6 Å². The molecule has 1 aliphatic heterocycles. The van der Waals surface area contributed by atoms with Crippen LogP contribution in [0, 0.1) is 13.8 Å². The fourth-order valence-electron chi connectivity index (χ4n) is 6.16. The minimum atomic E-state index is -1.24. The van der Waals surface area contributed by atoms with E-state index >= 15 is 0 Å². The first-order valence-corrected chi connectivity index (χ1v) is 14.9. The fourth-order valence-corrected chi connectivity index (χ4v) is 10.0. The van der Waals surface area contributed by atoms with Crippen molar-refractivity contribution in [1.29, 1.82) is 0 Å². The van der Waals surface area contributed by atoms with Gasteiger partial charge in [-0.05, 0) is 66.8 Å². The molecule has 30 heavy (non-hydrogen) atoms.